The van der Waals surface area contributed by atoms with E-state index in [1.807, 2.05) is 39.9 Å². The lowest BCUT2D eigenvalue weighted by Crippen LogP contribution is -2.32. The molecule has 4 heteroatoms. The van der Waals surface area contributed by atoms with Gasteiger partial charge >= 0.3 is 0 Å². The molecule has 1 atom stereocenters. The number of hydrogen-bond acceptors (Lipinski definition) is 1. The van der Waals surface area contributed by atoms with Crippen molar-refractivity contribution in [3.63, 3.8) is 0 Å². The van der Waals surface area contributed by atoms with Crippen LogP contribution in [0, 0.1) is 0 Å². The standard InChI is InChI=1S/C18H21BrN2O/c1-13(2)21-12-15(19)11-17(21)18(22)20-10-6-9-16(20)14-7-4-3-5-8-14/h3-5,7-8,11-13,16H,6,9-10H2,1-2H3. The van der Waals surface area contributed by atoms with Gasteiger partial charge in [0.05, 0.1) is 6.04 Å². The average molecular weight is 361 g/mol. The fourth-order valence-corrected chi connectivity index (χ4v) is 3.66. The number of benzene rings is 1. The van der Waals surface area contributed by atoms with E-state index < -0.39 is 0 Å². The second-order valence-electron chi connectivity index (χ2n) is 6.11. The summed E-state index contributed by atoms with van der Waals surface area (Å²) in [5.41, 5.74) is 2.00. The van der Waals surface area contributed by atoms with Gasteiger partial charge in [-0.1, -0.05) is 30.3 Å². The van der Waals surface area contributed by atoms with E-state index in [9.17, 15) is 4.79 Å². The van der Waals surface area contributed by atoms with Gasteiger partial charge in [-0.2, -0.15) is 0 Å². The van der Waals surface area contributed by atoms with Gasteiger partial charge in [0.1, 0.15) is 5.69 Å². The van der Waals surface area contributed by atoms with Crippen LogP contribution in [0.25, 0.3) is 0 Å². The molecule has 0 radical (unpaired) electrons. The zero-order chi connectivity index (χ0) is 15.7. The SMILES string of the molecule is CC(C)n1cc(Br)cc1C(=O)N1CCCC1c1ccccc1. The average Bonchev–Trinajstić information content (AvgIpc) is 3.14. The maximum atomic E-state index is 13.1. The molecule has 0 bridgehead atoms. The minimum Gasteiger partial charge on any atom is -0.340 e. The predicted octanol–water partition coefficient (Wildman–Crippen LogP) is 4.81. The summed E-state index contributed by atoms with van der Waals surface area (Å²) < 4.78 is 3.01. The molecule has 1 fully saturated rings. The number of likely N-dealkylation sites (tertiary alicyclic amines) is 1. The first-order valence-corrected chi connectivity index (χ1v) is 8.60. The van der Waals surface area contributed by atoms with E-state index in [0.717, 1.165) is 29.6 Å². The van der Waals surface area contributed by atoms with Crippen molar-refractivity contribution in [2.24, 2.45) is 0 Å². The number of halogens is 1. The van der Waals surface area contributed by atoms with Crippen molar-refractivity contribution in [3.05, 3.63) is 58.3 Å². The molecule has 1 aliphatic rings. The zero-order valence-corrected chi connectivity index (χ0v) is 14.6. The van der Waals surface area contributed by atoms with Gasteiger partial charge in [0, 0.05) is 23.3 Å². The Labute approximate surface area is 140 Å². The van der Waals surface area contributed by atoms with Gasteiger partial charge in [-0.25, -0.2) is 0 Å². The molecule has 3 rings (SSSR count). The molecular weight excluding hydrogens is 340 g/mol. The smallest absolute Gasteiger partial charge is 0.271 e. The molecule has 22 heavy (non-hydrogen) atoms. The molecule has 0 spiro atoms. The quantitative estimate of drug-likeness (QED) is 0.770. The molecule has 2 aromatic rings. The van der Waals surface area contributed by atoms with Crippen LogP contribution in [0.5, 0.6) is 0 Å². The maximum Gasteiger partial charge on any atom is 0.271 e. The van der Waals surface area contributed by atoms with Gasteiger partial charge in [-0.3, -0.25) is 4.79 Å². The topological polar surface area (TPSA) is 25.2 Å². The number of nitrogens with zero attached hydrogens (tertiary/aromatic N) is 2. The third-order valence-electron chi connectivity index (χ3n) is 4.29. The molecule has 2 heterocycles. The lowest BCUT2D eigenvalue weighted by Gasteiger charge is -2.26. The number of carbonyl (C=O) groups is 1. The van der Waals surface area contributed by atoms with Gasteiger partial charge in [0.2, 0.25) is 0 Å². The zero-order valence-electron chi connectivity index (χ0n) is 13.0. The van der Waals surface area contributed by atoms with Crippen molar-refractivity contribution in [2.45, 2.75) is 38.8 Å². The molecule has 116 valence electrons. The summed E-state index contributed by atoms with van der Waals surface area (Å²) in [6.45, 7) is 5.03. The van der Waals surface area contributed by atoms with Crippen molar-refractivity contribution >= 4 is 21.8 Å². The highest BCUT2D eigenvalue weighted by molar-refractivity contribution is 9.10. The number of aromatic nitrogens is 1. The summed E-state index contributed by atoms with van der Waals surface area (Å²) in [7, 11) is 0. The molecule has 1 saturated heterocycles. The van der Waals surface area contributed by atoms with E-state index in [4.69, 9.17) is 0 Å². The van der Waals surface area contributed by atoms with Crippen molar-refractivity contribution in [1.82, 2.24) is 9.47 Å². The van der Waals surface area contributed by atoms with Crippen LogP contribution in [0.4, 0.5) is 0 Å². The van der Waals surface area contributed by atoms with Crippen LogP contribution in [0.2, 0.25) is 0 Å². The first kappa shape index (κ1) is 15.3. The van der Waals surface area contributed by atoms with E-state index in [2.05, 4.69) is 41.9 Å². The Balaban J connectivity index is 1.91. The number of hydrogen-bond donors (Lipinski definition) is 0. The van der Waals surface area contributed by atoms with Crippen LogP contribution in [0.1, 0.15) is 54.8 Å². The minimum atomic E-state index is 0.130. The third-order valence-corrected chi connectivity index (χ3v) is 4.72. The lowest BCUT2D eigenvalue weighted by molar-refractivity contribution is 0.0723. The largest absolute Gasteiger partial charge is 0.340 e. The Morgan fingerprint density at radius 1 is 1.27 bits per heavy atom. The first-order valence-electron chi connectivity index (χ1n) is 7.81. The van der Waals surface area contributed by atoms with Gasteiger partial charge in [-0.15, -0.1) is 0 Å². The highest BCUT2D eigenvalue weighted by Crippen LogP contribution is 2.34. The van der Waals surface area contributed by atoms with Crippen LogP contribution in [-0.2, 0) is 0 Å². The summed E-state index contributed by atoms with van der Waals surface area (Å²) in [6, 6.07) is 12.7. The highest BCUT2D eigenvalue weighted by Gasteiger charge is 2.32. The minimum absolute atomic E-state index is 0.130. The molecule has 1 aromatic carbocycles. The Bertz CT molecular complexity index is 663. The third kappa shape index (κ3) is 2.84. The van der Waals surface area contributed by atoms with E-state index in [1.54, 1.807) is 0 Å². The summed E-state index contributed by atoms with van der Waals surface area (Å²) in [4.78, 5) is 15.1. The highest BCUT2D eigenvalue weighted by atomic mass is 79.9. The summed E-state index contributed by atoms with van der Waals surface area (Å²) in [5.74, 6) is 0.130. The van der Waals surface area contributed by atoms with E-state index in [0.29, 0.717) is 0 Å². The molecule has 0 aliphatic carbocycles. The van der Waals surface area contributed by atoms with Gasteiger partial charge in [-0.05, 0) is 54.2 Å². The van der Waals surface area contributed by atoms with Crippen molar-refractivity contribution in [3.8, 4) is 0 Å². The number of rotatable bonds is 3. The van der Waals surface area contributed by atoms with Crippen molar-refractivity contribution < 1.29 is 4.79 Å². The monoisotopic (exact) mass is 360 g/mol. The Hall–Kier alpha value is -1.55. The summed E-state index contributed by atoms with van der Waals surface area (Å²) in [5, 5.41) is 0. The first-order chi connectivity index (χ1) is 10.6. The second-order valence-corrected chi connectivity index (χ2v) is 7.03. The van der Waals surface area contributed by atoms with Crippen LogP contribution in [0.15, 0.2) is 47.1 Å². The second kappa shape index (κ2) is 6.29. The Morgan fingerprint density at radius 3 is 2.68 bits per heavy atom. The normalized spacial score (nSPS) is 18.2. The molecule has 3 nitrogen and oxygen atoms in total. The molecule has 1 aromatic heterocycles. The fourth-order valence-electron chi connectivity index (χ4n) is 3.22. The predicted molar refractivity (Wildman–Crippen MR) is 92.0 cm³/mol. The van der Waals surface area contributed by atoms with Crippen LogP contribution in [0.3, 0.4) is 0 Å². The summed E-state index contributed by atoms with van der Waals surface area (Å²) in [6.07, 6.45) is 4.10. The van der Waals surface area contributed by atoms with E-state index in [-0.39, 0.29) is 18.0 Å². The fraction of sp³-hybridized carbons (Fsp3) is 0.389. The lowest BCUT2D eigenvalue weighted by atomic mass is 10.0. The number of amides is 1. The van der Waals surface area contributed by atoms with E-state index in [1.165, 1.54) is 5.56 Å². The van der Waals surface area contributed by atoms with Gasteiger partial charge in [0.25, 0.3) is 5.91 Å². The van der Waals surface area contributed by atoms with Crippen molar-refractivity contribution in [1.29, 1.82) is 0 Å². The van der Waals surface area contributed by atoms with Crippen LogP contribution >= 0.6 is 15.9 Å². The molecule has 0 N–H and O–H groups in total. The van der Waals surface area contributed by atoms with Crippen LogP contribution < -0.4 is 0 Å². The Kier molecular flexibility index (Phi) is 4.39. The Morgan fingerprint density at radius 2 is 2.00 bits per heavy atom. The number of carbonyl (C=O) groups excluding carboxylic acids is 1. The molecule has 1 unspecified atom stereocenters. The maximum absolute atomic E-state index is 13.1. The molecule has 1 aliphatic heterocycles. The molecule has 0 saturated carbocycles. The van der Waals surface area contributed by atoms with Gasteiger partial charge in [0.15, 0.2) is 0 Å². The summed E-state index contributed by atoms with van der Waals surface area (Å²) >= 11 is 3.50. The van der Waals surface area contributed by atoms with Gasteiger partial charge < -0.3 is 9.47 Å². The van der Waals surface area contributed by atoms with Crippen molar-refractivity contribution in [2.75, 3.05) is 6.54 Å². The molecular formula is C18H21BrN2O. The van der Waals surface area contributed by atoms with Crippen LogP contribution in [-0.4, -0.2) is 21.9 Å². The van der Waals surface area contributed by atoms with E-state index >= 15 is 0 Å². The molecule has 1 amide bonds.